The van der Waals surface area contributed by atoms with Gasteiger partial charge in [-0.3, -0.25) is 4.99 Å². The van der Waals surface area contributed by atoms with E-state index < -0.39 is 0 Å². The number of nitrogen functional groups attached to an aromatic ring is 1. The number of benzene rings is 2. The SMILES string of the molecule is C/C=C\C.C=C(C)C(C)=N/C=C(\C)C1=Cc2ccccc2C1.Cc1cccc(N)c1. The molecule has 2 aromatic rings. The number of nitrogens with zero attached hydrogens (tertiary/aromatic N) is 1. The molecule has 0 aromatic heterocycles. The molecule has 1 aliphatic rings. The molecule has 30 heavy (non-hydrogen) atoms. The fourth-order valence-electron chi connectivity index (χ4n) is 2.59. The third-order valence-corrected chi connectivity index (χ3v) is 4.72. The third kappa shape index (κ3) is 8.91. The van der Waals surface area contributed by atoms with Gasteiger partial charge in [0.15, 0.2) is 0 Å². The molecular weight excluding hydrogens is 364 g/mol. The van der Waals surface area contributed by atoms with Gasteiger partial charge in [-0.1, -0.05) is 61.2 Å². The number of fused-ring (bicyclic) bond motifs is 1. The number of allylic oxidation sites excluding steroid dienone is 5. The van der Waals surface area contributed by atoms with Crippen LogP contribution in [0.15, 0.2) is 95.2 Å². The largest absolute Gasteiger partial charge is 0.399 e. The number of aliphatic imine (C=N–C) groups is 1. The Hall–Kier alpha value is -3.13. The van der Waals surface area contributed by atoms with Crippen molar-refractivity contribution in [3.05, 3.63) is 107 Å². The van der Waals surface area contributed by atoms with E-state index in [-0.39, 0.29) is 0 Å². The second kappa shape index (κ2) is 13.2. The van der Waals surface area contributed by atoms with Crippen molar-refractivity contribution in [1.29, 1.82) is 0 Å². The maximum atomic E-state index is 5.46. The van der Waals surface area contributed by atoms with E-state index in [2.05, 4.69) is 48.8 Å². The van der Waals surface area contributed by atoms with Crippen molar-refractivity contribution in [3.8, 4) is 0 Å². The minimum Gasteiger partial charge on any atom is -0.399 e. The van der Waals surface area contributed by atoms with Crippen LogP contribution in [0.5, 0.6) is 0 Å². The fraction of sp³-hybridized carbons (Fsp3) is 0.250. The first kappa shape index (κ1) is 24.9. The number of hydrogen-bond donors (Lipinski definition) is 1. The molecule has 2 nitrogen and oxygen atoms in total. The quantitative estimate of drug-likeness (QED) is 0.319. The van der Waals surface area contributed by atoms with Crippen LogP contribution in [0.25, 0.3) is 6.08 Å². The van der Waals surface area contributed by atoms with E-state index in [1.54, 1.807) is 0 Å². The lowest BCUT2D eigenvalue weighted by molar-refractivity contribution is 1.18. The van der Waals surface area contributed by atoms with Crippen LogP contribution in [0.3, 0.4) is 0 Å². The minimum absolute atomic E-state index is 0.838. The number of aryl methyl sites for hydroxylation is 1. The molecule has 0 fully saturated rings. The van der Waals surface area contributed by atoms with Crippen molar-refractivity contribution in [2.75, 3.05) is 5.73 Å². The zero-order valence-corrected chi connectivity index (χ0v) is 19.4. The first-order valence-electron chi connectivity index (χ1n) is 10.3. The zero-order chi connectivity index (χ0) is 22.5. The van der Waals surface area contributed by atoms with Crippen LogP contribution in [-0.2, 0) is 6.42 Å². The van der Waals surface area contributed by atoms with E-state index in [0.29, 0.717) is 0 Å². The molecule has 0 saturated heterocycles. The molecule has 158 valence electrons. The molecule has 1 aliphatic carbocycles. The Kier molecular flexibility index (Phi) is 10.9. The second-order valence-corrected chi connectivity index (χ2v) is 7.43. The van der Waals surface area contributed by atoms with Crippen LogP contribution in [0.2, 0.25) is 0 Å². The van der Waals surface area contributed by atoms with Gasteiger partial charge < -0.3 is 5.73 Å². The van der Waals surface area contributed by atoms with Crippen LogP contribution in [-0.4, -0.2) is 5.71 Å². The highest BCUT2D eigenvalue weighted by Gasteiger charge is 2.12. The molecule has 0 unspecified atom stereocenters. The lowest BCUT2D eigenvalue weighted by atomic mass is 10.1. The summed E-state index contributed by atoms with van der Waals surface area (Å²) in [6, 6.07) is 16.3. The summed E-state index contributed by atoms with van der Waals surface area (Å²) in [4.78, 5) is 4.45. The van der Waals surface area contributed by atoms with Crippen LogP contribution in [0.1, 0.15) is 51.3 Å². The van der Waals surface area contributed by atoms with Gasteiger partial charge in [0, 0.05) is 17.6 Å². The van der Waals surface area contributed by atoms with Crippen LogP contribution >= 0.6 is 0 Å². The van der Waals surface area contributed by atoms with E-state index in [4.69, 9.17) is 5.73 Å². The van der Waals surface area contributed by atoms with Crippen molar-refractivity contribution in [2.24, 2.45) is 4.99 Å². The Morgan fingerprint density at radius 3 is 2.17 bits per heavy atom. The molecule has 0 atom stereocenters. The van der Waals surface area contributed by atoms with Gasteiger partial charge in [-0.25, -0.2) is 0 Å². The lowest BCUT2D eigenvalue weighted by Gasteiger charge is -2.01. The van der Waals surface area contributed by atoms with Crippen molar-refractivity contribution < 1.29 is 0 Å². The normalized spacial score (nSPS) is 12.9. The van der Waals surface area contributed by atoms with Gasteiger partial charge in [0.2, 0.25) is 0 Å². The molecule has 0 heterocycles. The molecule has 3 rings (SSSR count). The molecular formula is C28H36N2. The molecule has 0 saturated carbocycles. The standard InChI is InChI=1S/C17H19N.C7H9N.C4H8/c1-12(2)14(4)18-11-13(3)17-9-15-7-5-6-8-16(15)10-17;1-6-3-2-4-7(8)5-6;1-3-4-2/h5-9,11H,1,10H2,2-4H3;2-5H,8H2,1H3;3-4H,1-2H3/b13-11+,18-14?;;4-3-. The predicted octanol–water partition coefficient (Wildman–Crippen LogP) is 7.73. The Morgan fingerprint density at radius 2 is 1.67 bits per heavy atom. The third-order valence-electron chi connectivity index (χ3n) is 4.72. The highest BCUT2D eigenvalue weighted by atomic mass is 14.7. The summed E-state index contributed by atoms with van der Waals surface area (Å²) in [7, 11) is 0. The van der Waals surface area contributed by atoms with Gasteiger partial charge in [-0.2, -0.15) is 0 Å². The summed E-state index contributed by atoms with van der Waals surface area (Å²) in [5.74, 6) is 0. The van der Waals surface area contributed by atoms with Gasteiger partial charge in [-0.15, -0.1) is 0 Å². The Morgan fingerprint density at radius 1 is 1.00 bits per heavy atom. The molecule has 2 aromatic carbocycles. The molecule has 0 radical (unpaired) electrons. The molecule has 2 N–H and O–H groups in total. The maximum Gasteiger partial charge on any atom is 0.0395 e. The van der Waals surface area contributed by atoms with Gasteiger partial charge in [0.25, 0.3) is 0 Å². The highest BCUT2D eigenvalue weighted by molar-refractivity contribution is 5.97. The number of nitrogens with two attached hydrogens (primary N) is 1. The second-order valence-electron chi connectivity index (χ2n) is 7.43. The predicted molar refractivity (Wildman–Crippen MR) is 136 cm³/mol. The summed E-state index contributed by atoms with van der Waals surface area (Å²) in [5, 5.41) is 0. The highest BCUT2D eigenvalue weighted by Crippen LogP contribution is 2.28. The van der Waals surface area contributed by atoms with Crippen LogP contribution in [0.4, 0.5) is 5.69 Å². The Balaban J connectivity index is 0.000000309. The topological polar surface area (TPSA) is 38.4 Å². The minimum atomic E-state index is 0.838. The van der Waals surface area contributed by atoms with E-state index in [0.717, 1.165) is 23.4 Å². The van der Waals surface area contributed by atoms with E-state index >= 15 is 0 Å². The number of hydrogen-bond acceptors (Lipinski definition) is 2. The number of anilines is 1. The Bertz CT molecular complexity index is 935. The smallest absolute Gasteiger partial charge is 0.0395 e. The molecule has 0 bridgehead atoms. The van der Waals surface area contributed by atoms with E-state index in [1.165, 1.54) is 27.8 Å². The van der Waals surface area contributed by atoms with Crippen molar-refractivity contribution in [1.82, 2.24) is 0 Å². The van der Waals surface area contributed by atoms with Gasteiger partial charge >= 0.3 is 0 Å². The molecule has 0 amide bonds. The monoisotopic (exact) mass is 400 g/mol. The van der Waals surface area contributed by atoms with Gasteiger partial charge in [0.1, 0.15) is 0 Å². The Labute approximate surface area is 183 Å². The van der Waals surface area contributed by atoms with E-state index in [1.807, 2.05) is 77.2 Å². The van der Waals surface area contributed by atoms with Crippen LogP contribution in [0, 0.1) is 6.92 Å². The summed E-state index contributed by atoms with van der Waals surface area (Å²) >= 11 is 0. The first-order valence-corrected chi connectivity index (χ1v) is 10.3. The average molecular weight is 401 g/mol. The summed E-state index contributed by atoms with van der Waals surface area (Å²) in [5.41, 5.74) is 14.8. The summed E-state index contributed by atoms with van der Waals surface area (Å²) < 4.78 is 0. The number of rotatable bonds is 3. The van der Waals surface area contributed by atoms with E-state index in [9.17, 15) is 0 Å². The first-order chi connectivity index (χ1) is 14.3. The van der Waals surface area contributed by atoms with Gasteiger partial charge in [0.05, 0.1) is 0 Å². The maximum absolute atomic E-state index is 5.46. The van der Waals surface area contributed by atoms with Gasteiger partial charge in [-0.05, 0) is 93.5 Å². The summed E-state index contributed by atoms with van der Waals surface area (Å²) in [6.45, 7) is 16.0. The van der Waals surface area contributed by atoms with Crippen molar-refractivity contribution >= 4 is 17.5 Å². The lowest BCUT2D eigenvalue weighted by Crippen LogP contribution is -1.91. The zero-order valence-electron chi connectivity index (χ0n) is 19.4. The van der Waals surface area contributed by atoms with Crippen LogP contribution < -0.4 is 5.73 Å². The van der Waals surface area contributed by atoms with Crippen molar-refractivity contribution in [3.63, 3.8) is 0 Å². The molecule has 0 aliphatic heterocycles. The molecule has 0 spiro atoms. The average Bonchev–Trinajstić information content (AvgIpc) is 3.16. The molecule has 2 heteroatoms. The van der Waals surface area contributed by atoms with Crippen molar-refractivity contribution in [2.45, 2.75) is 48.0 Å². The fourth-order valence-corrected chi connectivity index (χ4v) is 2.59. The summed E-state index contributed by atoms with van der Waals surface area (Å²) in [6.07, 6.45) is 9.22.